The van der Waals surface area contributed by atoms with Gasteiger partial charge in [0.15, 0.2) is 5.16 Å². The molecule has 2 aromatic carbocycles. The lowest BCUT2D eigenvalue weighted by molar-refractivity contribution is -0.122. The summed E-state index contributed by atoms with van der Waals surface area (Å²) < 4.78 is 7.42. The minimum atomic E-state index is -0.263. The Morgan fingerprint density at radius 1 is 1.00 bits per heavy atom. The fourth-order valence-electron chi connectivity index (χ4n) is 4.05. The molecule has 2 N–H and O–H groups in total. The number of aromatic nitrogens is 3. The first kappa shape index (κ1) is 24.7. The fourth-order valence-corrected chi connectivity index (χ4v) is 4.82. The number of aryl methyl sites for hydroxylation is 3. The van der Waals surface area contributed by atoms with Crippen LogP contribution in [0.3, 0.4) is 0 Å². The number of hydrogen-bond donors (Lipinski definition) is 2. The first-order valence-corrected chi connectivity index (χ1v) is 12.5. The summed E-state index contributed by atoms with van der Waals surface area (Å²) in [4.78, 5) is 27.1. The van der Waals surface area contributed by atoms with Gasteiger partial charge in [-0.15, -0.1) is 10.2 Å². The van der Waals surface area contributed by atoms with Crippen LogP contribution in [-0.4, -0.2) is 65.2 Å². The van der Waals surface area contributed by atoms with Gasteiger partial charge in [0.05, 0.1) is 31.2 Å². The van der Waals surface area contributed by atoms with Gasteiger partial charge in [0, 0.05) is 18.8 Å². The van der Waals surface area contributed by atoms with Gasteiger partial charge in [0.25, 0.3) is 0 Å². The van der Waals surface area contributed by atoms with Crippen LogP contribution in [0.25, 0.3) is 5.69 Å². The highest BCUT2D eigenvalue weighted by Gasteiger charge is 2.22. The van der Waals surface area contributed by atoms with Crippen LogP contribution in [0.5, 0.6) is 0 Å². The molecule has 1 fully saturated rings. The zero-order valence-electron chi connectivity index (χ0n) is 20.2. The van der Waals surface area contributed by atoms with Gasteiger partial charge in [0.2, 0.25) is 17.8 Å². The minimum absolute atomic E-state index is 0.101. The Kier molecular flexibility index (Phi) is 8.04. The second kappa shape index (κ2) is 11.4. The van der Waals surface area contributed by atoms with E-state index in [2.05, 4.69) is 25.7 Å². The number of rotatable bonds is 8. The Labute approximate surface area is 209 Å². The summed E-state index contributed by atoms with van der Waals surface area (Å²) in [6, 6.07) is 13.9. The SMILES string of the molecule is Cc1cc(C)c(NC(=O)CNC(=O)CSc2nnc(N3CCOCC3)n2-c2ccccc2)c(C)c1. The molecule has 2 heterocycles. The Bertz CT molecular complexity index is 1170. The van der Waals surface area contributed by atoms with E-state index in [1.807, 2.05) is 67.8 Å². The first-order chi connectivity index (χ1) is 16.9. The van der Waals surface area contributed by atoms with Gasteiger partial charge in [-0.05, 0) is 44.0 Å². The van der Waals surface area contributed by atoms with Crippen LogP contribution < -0.4 is 15.5 Å². The van der Waals surface area contributed by atoms with Crippen LogP contribution in [0.1, 0.15) is 16.7 Å². The van der Waals surface area contributed by atoms with Crippen molar-refractivity contribution in [3.05, 3.63) is 59.2 Å². The summed E-state index contributed by atoms with van der Waals surface area (Å²) in [5.41, 5.74) is 4.84. The van der Waals surface area contributed by atoms with Crippen LogP contribution >= 0.6 is 11.8 Å². The van der Waals surface area contributed by atoms with E-state index in [0.717, 1.165) is 47.1 Å². The van der Waals surface area contributed by atoms with Crippen molar-refractivity contribution in [3.63, 3.8) is 0 Å². The smallest absolute Gasteiger partial charge is 0.243 e. The van der Waals surface area contributed by atoms with E-state index in [1.165, 1.54) is 11.8 Å². The fraction of sp³-hybridized carbons (Fsp3) is 0.360. The summed E-state index contributed by atoms with van der Waals surface area (Å²) >= 11 is 1.28. The number of anilines is 2. The topological polar surface area (TPSA) is 101 Å². The molecule has 0 aliphatic carbocycles. The number of nitrogens with one attached hydrogen (secondary N) is 2. The highest BCUT2D eigenvalue weighted by Crippen LogP contribution is 2.27. The molecule has 35 heavy (non-hydrogen) atoms. The molecule has 0 saturated carbocycles. The van der Waals surface area contributed by atoms with Crippen LogP contribution in [0.2, 0.25) is 0 Å². The van der Waals surface area contributed by atoms with Gasteiger partial charge in [-0.25, -0.2) is 0 Å². The number of para-hydroxylation sites is 1. The van der Waals surface area contributed by atoms with Gasteiger partial charge in [-0.2, -0.15) is 0 Å². The van der Waals surface area contributed by atoms with E-state index in [4.69, 9.17) is 4.74 Å². The van der Waals surface area contributed by atoms with E-state index < -0.39 is 0 Å². The van der Waals surface area contributed by atoms with Gasteiger partial charge in [0.1, 0.15) is 0 Å². The van der Waals surface area contributed by atoms with Crippen LogP contribution in [0.15, 0.2) is 47.6 Å². The van der Waals surface area contributed by atoms with Crippen LogP contribution in [0.4, 0.5) is 11.6 Å². The monoisotopic (exact) mass is 494 g/mol. The lowest BCUT2D eigenvalue weighted by atomic mass is 10.1. The first-order valence-electron chi connectivity index (χ1n) is 11.5. The predicted octanol–water partition coefficient (Wildman–Crippen LogP) is 2.88. The largest absolute Gasteiger partial charge is 0.378 e. The van der Waals surface area contributed by atoms with E-state index in [-0.39, 0.29) is 24.1 Å². The number of amides is 2. The molecule has 0 bridgehead atoms. The summed E-state index contributed by atoms with van der Waals surface area (Å²) in [5.74, 6) is 0.327. The maximum Gasteiger partial charge on any atom is 0.243 e. The Morgan fingerprint density at radius 2 is 1.69 bits per heavy atom. The predicted molar refractivity (Wildman–Crippen MR) is 137 cm³/mol. The molecule has 10 heteroatoms. The van der Waals surface area contributed by atoms with Crippen molar-refractivity contribution in [2.45, 2.75) is 25.9 Å². The number of carbonyl (C=O) groups excluding carboxylic acids is 2. The molecule has 3 aromatic rings. The van der Waals surface area contributed by atoms with Gasteiger partial charge < -0.3 is 20.3 Å². The molecule has 2 amide bonds. The molecule has 1 aliphatic heterocycles. The normalized spacial score (nSPS) is 13.5. The molecule has 1 aliphatic rings. The Balaban J connectivity index is 1.37. The zero-order valence-corrected chi connectivity index (χ0v) is 21.0. The molecule has 9 nitrogen and oxygen atoms in total. The van der Waals surface area contributed by atoms with Crippen molar-refractivity contribution >= 4 is 35.2 Å². The average Bonchev–Trinajstić information content (AvgIpc) is 3.29. The molecule has 0 radical (unpaired) electrons. The second-order valence-corrected chi connectivity index (χ2v) is 9.38. The number of ether oxygens (including phenoxy) is 1. The standard InChI is InChI=1S/C25H30N6O3S/c1-17-13-18(2)23(19(3)14-17)27-21(32)15-26-22(33)16-35-25-29-28-24(30-9-11-34-12-10-30)31(25)20-7-5-4-6-8-20/h4-8,13-14H,9-12,15-16H2,1-3H3,(H,26,33)(H,27,32). The molecular formula is C25H30N6O3S. The van der Waals surface area contributed by atoms with Gasteiger partial charge in [-0.1, -0.05) is 47.7 Å². The maximum atomic E-state index is 12.5. The number of morpholine rings is 1. The zero-order chi connectivity index (χ0) is 24.8. The quantitative estimate of drug-likeness (QED) is 0.465. The van der Waals surface area contributed by atoms with Crippen molar-refractivity contribution in [3.8, 4) is 5.69 Å². The molecule has 0 spiro atoms. The number of benzene rings is 2. The number of nitrogens with zero attached hydrogens (tertiary/aromatic N) is 4. The van der Waals surface area contributed by atoms with Gasteiger partial charge in [-0.3, -0.25) is 14.2 Å². The molecule has 0 unspecified atom stereocenters. The number of carbonyl (C=O) groups is 2. The minimum Gasteiger partial charge on any atom is -0.378 e. The summed E-state index contributed by atoms with van der Waals surface area (Å²) in [7, 11) is 0. The molecule has 184 valence electrons. The summed E-state index contributed by atoms with van der Waals surface area (Å²) in [6.45, 7) is 8.56. The third-order valence-electron chi connectivity index (χ3n) is 5.64. The van der Waals surface area contributed by atoms with Crippen LogP contribution in [-0.2, 0) is 14.3 Å². The van der Waals surface area contributed by atoms with Crippen molar-refractivity contribution in [1.29, 1.82) is 0 Å². The van der Waals surface area contributed by atoms with Crippen LogP contribution in [0, 0.1) is 20.8 Å². The van der Waals surface area contributed by atoms with Crippen molar-refractivity contribution in [2.24, 2.45) is 0 Å². The molecule has 0 atom stereocenters. The van der Waals surface area contributed by atoms with Crippen molar-refractivity contribution in [2.75, 3.05) is 48.8 Å². The highest BCUT2D eigenvalue weighted by atomic mass is 32.2. The lowest BCUT2D eigenvalue weighted by Gasteiger charge is -2.27. The van der Waals surface area contributed by atoms with Crippen molar-refractivity contribution < 1.29 is 14.3 Å². The lowest BCUT2D eigenvalue weighted by Crippen LogP contribution is -2.38. The number of hydrogen-bond acceptors (Lipinski definition) is 7. The third-order valence-corrected chi connectivity index (χ3v) is 6.57. The maximum absolute atomic E-state index is 12.5. The Morgan fingerprint density at radius 3 is 2.37 bits per heavy atom. The average molecular weight is 495 g/mol. The van der Waals surface area contributed by atoms with E-state index in [1.54, 1.807) is 0 Å². The number of thioether (sulfide) groups is 1. The third kappa shape index (κ3) is 6.20. The molecular weight excluding hydrogens is 464 g/mol. The second-order valence-electron chi connectivity index (χ2n) is 8.44. The van der Waals surface area contributed by atoms with E-state index >= 15 is 0 Å². The Hall–Kier alpha value is -3.37. The molecule has 1 saturated heterocycles. The van der Waals surface area contributed by atoms with Crippen molar-refractivity contribution in [1.82, 2.24) is 20.1 Å². The summed E-state index contributed by atoms with van der Waals surface area (Å²) in [6.07, 6.45) is 0. The van der Waals surface area contributed by atoms with E-state index in [0.29, 0.717) is 18.4 Å². The highest BCUT2D eigenvalue weighted by molar-refractivity contribution is 7.99. The van der Waals surface area contributed by atoms with Gasteiger partial charge >= 0.3 is 0 Å². The molecule has 4 rings (SSSR count). The summed E-state index contributed by atoms with van der Waals surface area (Å²) in [5, 5.41) is 15.0. The van der Waals surface area contributed by atoms with E-state index in [9.17, 15) is 9.59 Å². The molecule has 1 aromatic heterocycles.